The van der Waals surface area contributed by atoms with Crippen molar-refractivity contribution >= 4 is 14.4 Å². The molecule has 1 atom stereocenters. The zero-order chi connectivity index (χ0) is 10.8. The summed E-state index contributed by atoms with van der Waals surface area (Å²) in [6, 6.07) is 10.7. The van der Waals surface area contributed by atoms with E-state index >= 15 is 0 Å². The van der Waals surface area contributed by atoms with Crippen LogP contribution in [0.25, 0.3) is 5.57 Å². The van der Waals surface area contributed by atoms with Crippen LogP contribution >= 0.6 is 0 Å². The summed E-state index contributed by atoms with van der Waals surface area (Å²) in [6.45, 7) is 7.03. The van der Waals surface area contributed by atoms with Gasteiger partial charge in [-0.15, -0.1) is 0 Å². The van der Waals surface area contributed by atoms with Crippen LogP contribution < -0.4 is 0 Å². The molecule has 1 heteroatoms. The number of hydrogen-bond donors (Lipinski definition) is 0. The third kappa shape index (κ3) is 2.12. The second kappa shape index (κ2) is 4.19. The molecule has 0 nitrogen and oxygen atoms in total. The van der Waals surface area contributed by atoms with Crippen molar-refractivity contribution in [1.29, 1.82) is 0 Å². The van der Waals surface area contributed by atoms with Crippen molar-refractivity contribution in [3.63, 3.8) is 0 Å². The van der Waals surface area contributed by atoms with Crippen LogP contribution in [0.15, 0.2) is 48.1 Å². The molecule has 15 heavy (non-hydrogen) atoms. The lowest BCUT2D eigenvalue weighted by atomic mass is 10.1. The fourth-order valence-electron chi connectivity index (χ4n) is 2.13. The van der Waals surface area contributed by atoms with Crippen LogP contribution in [-0.4, -0.2) is 8.80 Å². The molecule has 0 N–H and O–H groups in total. The van der Waals surface area contributed by atoms with Crippen LogP contribution in [0.3, 0.4) is 0 Å². The normalized spacial score (nSPS) is 20.4. The molecule has 0 amide bonds. The van der Waals surface area contributed by atoms with E-state index in [-0.39, 0.29) is 8.80 Å². The zero-order valence-corrected chi connectivity index (χ0v) is 10.6. The summed E-state index contributed by atoms with van der Waals surface area (Å²) in [5.74, 6) is 0. The predicted molar refractivity (Wildman–Crippen MR) is 69.4 cm³/mol. The van der Waals surface area contributed by atoms with Crippen LogP contribution in [0.1, 0.15) is 12.5 Å². The molecule has 1 aromatic rings. The second-order valence-corrected chi connectivity index (χ2v) is 7.21. The van der Waals surface area contributed by atoms with Gasteiger partial charge in [0.05, 0.1) is 8.80 Å². The fraction of sp³-hybridized carbons (Fsp3) is 0.286. The summed E-state index contributed by atoms with van der Waals surface area (Å²) in [7, 11) is -0.245. The van der Waals surface area contributed by atoms with Gasteiger partial charge in [-0.25, -0.2) is 0 Å². The maximum atomic E-state index is 2.44. The van der Waals surface area contributed by atoms with Gasteiger partial charge in [0.1, 0.15) is 0 Å². The molecule has 0 aliphatic heterocycles. The SMILES string of the molecule is CC1=CC(c2ccccc2)=CC1[Si](C)C. The minimum Gasteiger partial charge on any atom is -0.0725 e. The van der Waals surface area contributed by atoms with E-state index in [4.69, 9.17) is 0 Å². The fourth-order valence-corrected chi connectivity index (χ4v) is 3.63. The summed E-state index contributed by atoms with van der Waals surface area (Å²) < 4.78 is 0. The Labute approximate surface area is 93.9 Å². The van der Waals surface area contributed by atoms with E-state index in [0.29, 0.717) is 0 Å². The summed E-state index contributed by atoms with van der Waals surface area (Å²) in [5, 5.41) is 0. The smallest absolute Gasteiger partial charge is 0.0543 e. The average Bonchev–Trinajstić information content (AvgIpc) is 2.62. The topological polar surface area (TPSA) is 0 Å². The predicted octanol–water partition coefficient (Wildman–Crippen LogP) is 4.15. The minimum atomic E-state index is -0.245. The molecule has 0 bridgehead atoms. The lowest BCUT2D eigenvalue weighted by molar-refractivity contribution is 1.20. The molecule has 0 saturated heterocycles. The molecule has 0 saturated carbocycles. The van der Waals surface area contributed by atoms with E-state index in [9.17, 15) is 0 Å². The lowest BCUT2D eigenvalue weighted by Gasteiger charge is -2.11. The van der Waals surface area contributed by atoms with Gasteiger partial charge in [-0.05, 0) is 23.6 Å². The summed E-state index contributed by atoms with van der Waals surface area (Å²) in [5.41, 5.74) is 5.02. The molecule has 2 rings (SSSR count). The Morgan fingerprint density at radius 1 is 1.07 bits per heavy atom. The Morgan fingerprint density at radius 3 is 2.27 bits per heavy atom. The number of hydrogen-bond acceptors (Lipinski definition) is 0. The maximum Gasteiger partial charge on any atom is 0.0543 e. The molecule has 0 fully saturated rings. The van der Waals surface area contributed by atoms with Gasteiger partial charge in [0, 0.05) is 0 Å². The average molecular weight is 213 g/mol. The van der Waals surface area contributed by atoms with Gasteiger partial charge < -0.3 is 0 Å². The molecule has 1 aliphatic carbocycles. The standard InChI is InChI=1S/C14H17Si/c1-11-9-13(10-14(11)15(2)3)12-7-5-4-6-8-12/h4-10,14H,1-3H3. The van der Waals surface area contributed by atoms with Gasteiger partial charge >= 0.3 is 0 Å². The van der Waals surface area contributed by atoms with E-state index in [1.807, 2.05) is 0 Å². The molecule has 0 heterocycles. The highest BCUT2D eigenvalue weighted by Gasteiger charge is 2.20. The largest absolute Gasteiger partial charge is 0.0725 e. The molecule has 0 spiro atoms. The number of allylic oxidation sites excluding steroid dienone is 4. The van der Waals surface area contributed by atoms with Crippen molar-refractivity contribution in [2.75, 3.05) is 0 Å². The zero-order valence-electron chi connectivity index (χ0n) is 9.62. The first-order valence-electron chi connectivity index (χ1n) is 5.44. The van der Waals surface area contributed by atoms with E-state index < -0.39 is 0 Å². The highest BCUT2D eigenvalue weighted by Crippen LogP contribution is 2.35. The van der Waals surface area contributed by atoms with Crippen molar-refractivity contribution < 1.29 is 0 Å². The van der Waals surface area contributed by atoms with Gasteiger partial charge in [-0.2, -0.15) is 0 Å². The van der Waals surface area contributed by atoms with Gasteiger partial charge in [0.2, 0.25) is 0 Å². The quantitative estimate of drug-likeness (QED) is 0.647. The van der Waals surface area contributed by atoms with Crippen molar-refractivity contribution in [2.45, 2.75) is 25.6 Å². The van der Waals surface area contributed by atoms with Crippen molar-refractivity contribution in [1.82, 2.24) is 0 Å². The van der Waals surface area contributed by atoms with Crippen LogP contribution in [0.5, 0.6) is 0 Å². The monoisotopic (exact) mass is 213 g/mol. The van der Waals surface area contributed by atoms with Crippen molar-refractivity contribution in [3.05, 3.63) is 53.6 Å². The number of benzene rings is 1. The lowest BCUT2D eigenvalue weighted by Crippen LogP contribution is -2.08. The molecule has 1 unspecified atom stereocenters. The van der Waals surface area contributed by atoms with E-state index in [0.717, 1.165) is 5.54 Å². The molecular formula is C14H17Si. The summed E-state index contributed by atoms with van der Waals surface area (Å²) in [6.07, 6.45) is 4.79. The summed E-state index contributed by atoms with van der Waals surface area (Å²) >= 11 is 0. The van der Waals surface area contributed by atoms with Crippen LogP contribution in [0.2, 0.25) is 18.6 Å². The van der Waals surface area contributed by atoms with E-state index in [1.54, 1.807) is 0 Å². The van der Waals surface area contributed by atoms with E-state index in [2.05, 4.69) is 62.5 Å². The molecule has 77 valence electrons. The first-order chi connectivity index (χ1) is 7.18. The van der Waals surface area contributed by atoms with Gasteiger partial charge in [-0.1, -0.05) is 61.2 Å². The Balaban J connectivity index is 2.31. The van der Waals surface area contributed by atoms with Gasteiger partial charge in [0.25, 0.3) is 0 Å². The van der Waals surface area contributed by atoms with Crippen LogP contribution in [-0.2, 0) is 0 Å². The second-order valence-electron chi connectivity index (χ2n) is 4.43. The molecular weight excluding hydrogens is 196 g/mol. The molecule has 0 aromatic heterocycles. The Hall–Kier alpha value is -1.08. The third-order valence-electron chi connectivity index (χ3n) is 2.95. The highest BCUT2D eigenvalue weighted by atomic mass is 28.3. The third-order valence-corrected chi connectivity index (χ3v) is 4.82. The first-order valence-corrected chi connectivity index (χ1v) is 8.01. The van der Waals surface area contributed by atoms with E-state index in [1.165, 1.54) is 16.7 Å². The van der Waals surface area contributed by atoms with Gasteiger partial charge in [0.15, 0.2) is 0 Å². The van der Waals surface area contributed by atoms with Crippen LogP contribution in [0, 0.1) is 0 Å². The Morgan fingerprint density at radius 2 is 1.73 bits per heavy atom. The summed E-state index contributed by atoms with van der Waals surface area (Å²) in [4.78, 5) is 0. The number of rotatable bonds is 2. The van der Waals surface area contributed by atoms with Gasteiger partial charge in [-0.3, -0.25) is 0 Å². The molecule has 1 aromatic carbocycles. The Kier molecular flexibility index (Phi) is 2.92. The maximum absolute atomic E-state index is 2.44. The minimum absolute atomic E-state index is 0.245. The molecule has 1 radical (unpaired) electrons. The van der Waals surface area contributed by atoms with Crippen molar-refractivity contribution in [3.8, 4) is 0 Å². The molecule has 1 aliphatic rings. The van der Waals surface area contributed by atoms with Crippen molar-refractivity contribution in [2.24, 2.45) is 0 Å². The van der Waals surface area contributed by atoms with Crippen LogP contribution in [0.4, 0.5) is 0 Å². The highest BCUT2D eigenvalue weighted by molar-refractivity contribution is 6.59. The Bertz CT molecular complexity index is 399. The first kappa shape index (κ1) is 10.4.